The Morgan fingerprint density at radius 3 is 1.53 bits per heavy atom. The third-order valence-corrected chi connectivity index (χ3v) is 10.2. The molecular weight excluding hydrogens is 689 g/mol. The lowest BCUT2D eigenvalue weighted by Crippen LogP contribution is -2.37. The normalized spacial score (nSPS) is 13.8. The number of hydrogen-bond acceptors (Lipinski definition) is 7. The van der Waals surface area contributed by atoms with Crippen molar-refractivity contribution in [3.05, 3.63) is 24.3 Å². The van der Waals surface area contributed by atoms with Gasteiger partial charge in [0.05, 0.1) is 27.7 Å². The second-order valence-electron chi connectivity index (χ2n) is 15.7. The van der Waals surface area contributed by atoms with Crippen LogP contribution in [0.25, 0.3) is 0 Å². The van der Waals surface area contributed by atoms with Crippen LogP contribution < -0.4 is 0 Å². The lowest BCUT2D eigenvalue weighted by molar-refractivity contribution is -0.870. The topological polar surface area (TPSA) is 108 Å². The van der Waals surface area contributed by atoms with E-state index in [2.05, 4.69) is 38.2 Å². The van der Waals surface area contributed by atoms with Crippen molar-refractivity contribution in [2.75, 3.05) is 47.5 Å². The Balaban J connectivity index is 4.28. The van der Waals surface area contributed by atoms with E-state index < -0.39 is 26.5 Å². The predicted octanol–water partition coefficient (Wildman–Crippen LogP) is 12.0. The number of allylic oxidation sites excluding steroid dienone is 4. The van der Waals surface area contributed by atoms with Crippen molar-refractivity contribution >= 4 is 19.8 Å². The van der Waals surface area contributed by atoms with Crippen molar-refractivity contribution < 1.29 is 42.1 Å². The average molecular weight is 773 g/mol. The number of carbonyl (C=O) groups excluding carboxylic acids is 2. The number of esters is 2. The van der Waals surface area contributed by atoms with Gasteiger partial charge < -0.3 is 18.9 Å². The molecule has 0 heterocycles. The van der Waals surface area contributed by atoms with E-state index in [1.54, 1.807) is 0 Å². The fourth-order valence-corrected chi connectivity index (χ4v) is 6.55. The van der Waals surface area contributed by atoms with E-state index in [-0.39, 0.29) is 32.0 Å². The molecule has 0 radical (unpaired) electrons. The van der Waals surface area contributed by atoms with E-state index >= 15 is 0 Å². The zero-order chi connectivity index (χ0) is 39.3. The van der Waals surface area contributed by atoms with Crippen LogP contribution >= 0.6 is 7.82 Å². The third kappa shape index (κ3) is 40.0. The zero-order valence-electron chi connectivity index (χ0n) is 35.0. The molecule has 1 N–H and O–H groups in total. The van der Waals surface area contributed by atoms with Crippen molar-refractivity contribution in [3.8, 4) is 0 Å². The molecule has 53 heavy (non-hydrogen) atoms. The number of phosphoric acid groups is 1. The second kappa shape index (κ2) is 36.1. The Kier molecular flexibility index (Phi) is 35.1. The maximum atomic E-state index is 12.6. The number of rotatable bonds is 39. The molecule has 0 aliphatic rings. The van der Waals surface area contributed by atoms with Gasteiger partial charge in [0.1, 0.15) is 19.8 Å². The average Bonchev–Trinajstić information content (AvgIpc) is 3.10. The van der Waals surface area contributed by atoms with Gasteiger partial charge in [0.15, 0.2) is 6.10 Å². The molecule has 2 atom stereocenters. The van der Waals surface area contributed by atoms with Gasteiger partial charge in [-0.05, 0) is 44.9 Å². The Labute approximate surface area is 326 Å². The summed E-state index contributed by atoms with van der Waals surface area (Å²) in [6.07, 6.45) is 37.9. The van der Waals surface area contributed by atoms with Crippen LogP contribution in [0.15, 0.2) is 24.3 Å². The first-order valence-corrected chi connectivity index (χ1v) is 23.1. The van der Waals surface area contributed by atoms with Crippen molar-refractivity contribution in [2.24, 2.45) is 0 Å². The number of phosphoric ester groups is 1. The zero-order valence-corrected chi connectivity index (χ0v) is 35.9. The maximum Gasteiger partial charge on any atom is 0.472 e. The second-order valence-corrected chi connectivity index (χ2v) is 17.2. The van der Waals surface area contributed by atoms with Gasteiger partial charge in [-0.15, -0.1) is 0 Å². The molecule has 0 spiro atoms. The maximum absolute atomic E-state index is 12.6. The summed E-state index contributed by atoms with van der Waals surface area (Å²) in [6, 6.07) is 0. The van der Waals surface area contributed by atoms with E-state index in [1.165, 1.54) is 116 Å². The predicted molar refractivity (Wildman–Crippen MR) is 220 cm³/mol. The molecule has 0 bridgehead atoms. The number of ether oxygens (including phenoxy) is 2. The van der Waals surface area contributed by atoms with Gasteiger partial charge in [-0.1, -0.05) is 154 Å². The van der Waals surface area contributed by atoms with Gasteiger partial charge in [-0.25, -0.2) is 4.57 Å². The summed E-state index contributed by atoms with van der Waals surface area (Å²) < 4.78 is 34.2. The molecule has 0 fully saturated rings. The fraction of sp³-hybridized carbons (Fsp3) is 0.860. The summed E-state index contributed by atoms with van der Waals surface area (Å²) in [5.74, 6) is -0.801. The highest BCUT2D eigenvalue weighted by atomic mass is 31.2. The van der Waals surface area contributed by atoms with Crippen LogP contribution in [0.5, 0.6) is 0 Å². The highest BCUT2D eigenvalue weighted by Crippen LogP contribution is 2.43. The van der Waals surface area contributed by atoms with Crippen LogP contribution in [0.3, 0.4) is 0 Å². The summed E-state index contributed by atoms with van der Waals surface area (Å²) >= 11 is 0. The standard InChI is InChI=1S/C43H82NO8P/c1-6-8-10-12-14-16-18-19-20-21-22-23-24-25-26-28-29-31-33-35-42(45)49-39-41(40-51-53(47,48)50-38-37-44(3,4)5)52-43(46)36-34-32-30-27-17-15-13-11-9-7-2/h14,16,19-20,41H,6-13,15,17-18,21-40H2,1-5H3/p+1/b16-14+,20-19+/t41-/m0/s1. The molecule has 0 saturated heterocycles. The first-order valence-electron chi connectivity index (χ1n) is 21.6. The van der Waals surface area contributed by atoms with E-state index in [0.29, 0.717) is 17.4 Å². The van der Waals surface area contributed by atoms with Gasteiger partial charge in [0.25, 0.3) is 0 Å². The lowest BCUT2D eigenvalue weighted by atomic mass is 10.1. The Morgan fingerprint density at radius 2 is 1.02 bits per heavy atom. The molecule has 10 heteroatoms. The molecule has 9 nitrogen and oxygen atoms in total. The number of quaternary nitrogens is 1. The van der Waals surface area contributed by atoms with Crippen LogP contribution in [-0.4, -0.2) is 74.9 Å². The van der Waals surface area contributed by atoms with Gasteiger partial charge >= 0.3 is 19.8 Å². The Hall–Kier alpha value is -1.51. The molecule has 312 valence electrons. The molecule has 0 aliphatic heterocycles. The summed E-state index contributed by atoms with van der Waals surface area (Å²) in [7, 11) is 1.48. The molecule has 0 aromatic rings. The molecule has 0 aromatic carbocycles. The van der Waals surface area contributed by atoms with Gasteiger partial charge in [-0.2, -0.15) is 0 Å². The number of likely N-dealkylation sites (N-methyl/N-ethyl adjacent to an activating group) is 1. The smallest absolute Gasteiger partial charge is 0.462 e. The highest BCUT2D eigenvalue weighted by molar-refractivity contribution is 7.47. The monoisotopic (exact) mass is 773 g/mol. The largest absolute Gasteiger partial charge is 0.472 e. The Morgan fingerprint density at radius 1 is 0.585 bits per heavy atom. The molecule has 0 saturated carbocycles. The summed E-state index contributed by atoms with van der Waals surface area (Å²) in [6.45, 7) is 4.38. The van der Waals surface area contributed by atoms with Crippen molar-refractivity contribution in [1.82, 2.24) is 0 Å². The van der Waals surface area contributed by atoms with E-state index in [9.17, 15) is 19.0 Å². The molecular formula is C43H83NO8P+. The molecule has 0 aromatic heterocycles. The summed E-state index contributed by atoms with van der Waals surface area (Å²) in [5.41, 5.74) is 0. The van der Waals surface area contributed by atoms with Crippen LogP contribution in [-0.2, 0) is 32.7 Å². The first-order chi connectivity index (χ1) is 25.5. The molecule has 0 aliphatic carbocycles. The van der Waals surface area contributed by atoms with E-state index in [1.807, 2.05) is 21.1 Å². The van der Waals surface area contributed by atoms with Crippen LogP contribution in [0.1, 0.15) is 187 Å². The quantitative estimate of drug-likeness (QED) is 0.0216. The van der Waals surface area contributed by atoms with Crippen LogP contribution in [0, 0.1) is 0 Å². The fourth-order valence-electron chi connectivity index (χ4n) is 5.81. The summed E-state index contributed by atoms with van der Waals surface area (Å²) in [5, 5.41) is 0. The molecule has 0 rings (SSSR count). The third-order valence-electron chi connectivity index (χ3n) is 9.23. The Bertz CT molecular complexity index is 964. The van der Waals surface area contributed by atoms with Crippen molar-refractivity contribution in [2.45, 2.75) is 193 Å². The minimum absolute atomic E-state index is 0.0328. The van der Waals surface area contributed by atoms with Crippen molar-refractivity contribution in [3.63, 3.8) is 0 Å². The summed E-state index contributed by atoms with van der Waals surface area (Å²) in [4.78, 5) is 35.2. The minimum Gasteiger partial charge on any atom is -0.462 e. The highest BCUT2D eigenvalue weighted by Gasteiger charge is 2.27. The van der Waals surface area contributed by atoms with Gasteiger partial charge in [0.2, 0.25) is 0 Å². The van der Waals surface area contributed by atoms with Crippen molar-refractivity contribution in [1.29, 1.82) is 0 Å². The number of nitrogens with zero attached hydrogens (tertiary/aromatic N) is 1. The van der Waals surface area contributed by atoms with Crippen LogP contribution in [0.4, 0.5) is 0 Å². The van der Waals surface area contributed by atoms with E-state index in [4.69, 9.17) is 18.5 Å². The SMILES string of the molecule is CCCCC/C=C/C/C=C/CCCCCCCCCCCC(=O)OC[C@@H](COP(=O)(O)OCC[N+](C)(C)C)OC(=O)CCCCCCCCCCCC. The van der Waals surface area contributed by atoms with E-state index in [0.717, 1.165) is 38.5 Å². The molecule has 1 unspecified atom stereocenters. The molecule has 0 amide bonds. The van der Waals surface area contributed by atoms with Crippen LogP contribution in [0.2, 0.25) is 0 Å². The number of unbranched alkanes of at least 4 members (excludes halogenated alkanes) is 21. The number of hydrogen-bond donors (Lipinski definition) is 1. The number of carbonyl (C=O) groups is 2. The first kappa shape index (κ1) is 51.5. The van der Waals surface area contributed by atoms with Gasteiger partial charge in [-0.3, -0.25) is 18.6 Å². The van der Waals surface area contributed by atoms with Gasteiger partial charge in [0, 0.05) is 12.8 Å². The minimum atomic E-state index is -4.37. The lowest BCUT2D eigenvalue weighted by Gasteiger charge is -2.24.